The van der Waals surface area contributed by atoms with Crippen LogP contribution >= 0.6 is 23.2 Å². The van der Waals surface area contributed by atoms with E-state index in [1.165, 1.54) is 16.4 Å². The normalized spacial score (nSPS) is 15.9. The SMILES string of the molecule is NC(=O)c1ccc(S(=O)(=O)N2CCC(n3c(C4CC4)nc4ccc(C(c5ccc(Cl)cc5)c5ccc(Cl)cc5)cc43)CC2)o1.O=C(O)C(F)(F)F. The van der Waals surface area contributed by atoms with Crippen molar-refractivity contribution in [3.63, 3.8) is 0 Å². The Morgan fingerprint density at radius 2 is 1.39 bits per heavy atom. The Bertz CT molecular complexity index is 2130. The van der Waals surface area contributed by atoms with Crippen LogP contribution in [0.3, 0.4) is 0 Å². The van der Waals surface area contributed by atoms with Crippen LogP contribution in [0.2, 0.25) is 10.0 Å². The van der Waals surface area contributed by atoms with Crippen LogP contribution in [0.5, 0.6) is 0 Å². The van der Waals surface area contributed by atoms with Crippen LogP contribution in [0.1, 0.15) is 76.6 Å². The summed E-state index contributed by atoms with van der Waals surface area (Å²) in [6.45, 7) is 0.641. The highest BCUT2D eigenvalue weighted by molar-refractivity contribution is 7.89. The van der Waals surface area contributed by atoms with Crippen LogP contribution in [0.15, 0.2) is 88.4 Å². The predicted molar refractivity (Wildman–Crippen MR) is 184 cm³/mol. The highest BCUT2D eigenvalue weighted by atomic mass is 35.5. The summed E-state index contributed by atoms with van der Waals surface area (Å²) >= 11 is 12.5. The number of piperidine rings is 1. The van der Waals surface area contributed by atoms with Gasteiger partial charge in [0.25, 0.3) is 15.9 Å². The molecule has 10 nitrogen and oxygen atoms in total. The standard InChI is InChI=1S/C33H30Cl2N4O4S.C2HF3O2/c34-24-8-3-20(4-9-24)31(21-5-10-25(35)11-6-21)23-7-12-27-28(19-23)39(33(37-27)22-1-2-22)26-15-17-38(18-16-26)44(41,42)30-14-13-29(43-30)32(36)40;3-2(4,5)1(6)7/h3-14,19,22,26,31H,1-2,15-18H2,(H2,36,40);(H,6,7). The van der Waals surface area contributed by atoms with Crippen molar-refractivity contribution in [3.05, 3.63) is 117 Å². The van der Waals surface area contributed by atoms with Crippen molar-refractivity contribution in [2.24, 2.45) is 5.73 Å². The molecule has 1 aliphatic heterocycles. The lowest BCUT2D eigenvalue weighted by atomic mass is 9.85. The summed E-state index contributed by atoms with van der Waals surface area (Å²) in [5.74, 6) is -2.31. The number of fused-ring (bicyclic) bond motifs is 1. The Morgan fingerprint density at radius 1 is 0.863 bits per heavy atom. The smallest absolute Gasteiger partial charge is 0.475 e. The van der Waals surface area contributed by atoms with E-state index in [2.05, 4.69) is 47.0 Å². The molecule has 0 bridgehead atoms. The van der Waals surface area contributed by atoms with Gasteiger partial charge in [-0.2, -0.15) is 17.5 Å². The van der Waals surface area contributed by atoms with Gasteiger partial charge in [0, 0.05) is 41.0 Å². The van der Waals surface area contributed by atoms with Gasteiger partial charge >= 0.3 is 12.1 Å². The maximum Gasteiger partial charge on any atom is 0.490 e. The first kappa shape index (κ1) is 36.4. The summed E-state index contributed by atoms with van der Waals surface area (Å²) in [4.78, 5) is 25.4. The number of hydrogen-bond donors (Lipinski definition) is 2. The van der Waals surface area contributed by atoms with Gasteiger partial charge in [-0.3, -0.25) is 4.79 Å². The summed E-state index contributed by atoms with van der Waals surface area (Å²) in [5.41, 5.74) is 10.6. The van der Waals surface area contributed by atoms with Gasteiger partial charge in [0.1, 0.15) is 5.82 Å². The van der Waals surface area contributed by atoms with Crippen LogP contribution in [-0.2, 0) is 14.8 Å². The highest BCUT2D eigenvalue weighted by Gasteiger charge is 2.38. The van der Waals surface area contributed by atoms with E-state index in [1.807, 2.05) is 24.3 Å². The second kappa shape index (κ2) is 14.3. The van der Waals surface area contributed by atoms with Crippen molar-refractivity contribution in [2.75, 3.05) is 13.1 Å². The fraction of sp³-hybridized carbons (Fsp3) is 0.286. The molecule has 7 rings (SSSR count). The molecular weight excluding hydrogens is 732 g/mol. The summed E-state index contributed by atoms with van der Waals surface area (Å²) < 4.78 is 67.4. The molecule has 1 aliphatic carbocycles. The molecule has 0 atom stereocenters. The fourth-order valence-electron chi connectivity index (χ4n) is 6.27. The topological polar surface area (TPSA) is 149 Å². The van der Waals surface area contributed by atoms with Crippen molar-refractivity contribution in [1.29, 1.82) is 0 Å². The number of aromatic nitrogens is 2. The van der Waals surface area contributed by atoms with Gasteiger partial charge in [-0.1, -0.05) is 53.5 Å². The summed E-state index contributed by atoms with van der Waals surface area (Å²) in [5, 5.41) is 8.22. The molecule has 2 fully saturated rings. The molecule has 2 aliphatic rings. The Balaban J connectivity index is 0.000000582. The Labute approximate surface area is 300 Å². The Morgan fingerprint density at radius 3 is 1.86 bits per heavy atom. The second-order valence-electron chi connectivity index (χ2n) is 12.3. The third-order valence-electron chi connectivity index (χ3n) is 8.87. The first-order valence-electron chi connectivity index (χ1n) is 15.9. The number of imidazole rings is 1. The lowest BCUT2D eigenvalue weighted by Gasteiger charge is -2.32. The molecule has 0 radical (unpaired) electrons. The van der Waals surface area contributed by atoms with E-state index in [0.29, 0.717) is 41.9 Å². The number of carbonyl (C=O) groups excluding carboxylic acids is 1. The number of carbonyl (C=O) groups is 2. The third kappa shape index (κ3) is 7.93. The third-order valence-corrected chi connectivity index (χ3v) is 11.1. The molecule has 268 valence electrons. The van der Waals surface area contributed by atoms with Gasteiger partial charge < -0.3 is 19.8 Å². The number of benzene rings is 3. The molecule has 0 unspecified atom stereocenters. The fourth-order valence-corrected chi connectivity index (χ4v) is 7.90. The van der Waals surface area contributed by atoms with E-state index >= 15 is 0 Å². The average Bonchev–Trinajstić information content (AvgIpc) is 3.67. The summed E-state index contributed by atoms with van der Waals surface area (Å²) in [6, 6.07) is 25.0. The number of nitrogens with zero attached hydrogens (tertiary/aromatic N) is 3. The first-order valence-corrected chi connectivity index (χ1v) is 18.1. The Kier molecular flexibility index (Phi) is 10.2. The van der Waals surface area contributed by atoms with Gasteiger partial charge in [-0.05, 0) is 90.9 Å². The molecule has 1 saturated carbocycles. The first-order chi connectivity index (χ1) is 24.1. The number of halogens is 5. The molecule has 0 spiro atoms. The zero-order valence-electron chi connectivity index (χ0n) is 26.7. The molecule has 16 heteroatoms. The maximum atomic E-state index is 13.3. The van der Waals surface area contributed by atoms with Crippen molar-refractivity contribution in [3.8, 4) is 0 Å². The van der Waals surface area contributed by atoms with Gasteiger partial charge in [-0.25, -0.2) is 18.2 Å². The average molecular weight is 764 g/mol. The number of carboxylic acid groups (broad SMARTS) is 1. The molecular formula is C35H31Cl2F3N4O6S. The molecule has 3 heterocycles. The van der Waals surface area contributed by atoms with Crippen LogP contribution in [-0.4, -0.2) is 58.5 Å². The van der Waals surface area contributed by atoms with E-state index in [-0.39, 0.29) is 22.8 Å². The minimum Gasteiger partial charge on any atom is -0.475 e. The number of aliphatic carboxylic acids is 1. The quantitative estimate of drug-likeness (QED) is 0.154. The number of hydrogen-bond acceptors (Lipinski definition) is 6. The largest absolute Gasteiger partial charge is 0.490 e. The molecule has 2 aromatic heterocycles. The van der Waals surface area contributed by atoms with Gasteiger partial charge in [0.05, 0.1) is 11.0 Å². The number of primary amides is 1. The van der Waals surface area contributed by atoms with E-state index in [0.717, 1.165) is 46.4 Å². The lowest BCUT2D eigenvalue weighted by Crippen LogP contribution is -2.39. The van der Waals surface area contributed by atoms with Crippen LogP contribution in [0.4, 0.5) is 13.2 Å². The number of furan rings is 1. The number of rotatable bonds is 8. The number of alkyl halides is 3. The minimum absolute atomic E-state index is 0.0489. The maximum absolute atomic E-state index is 13.3. The summed E-state index contributed by atoms with van der Waals surface area (Å²) in [7, 11) is -3.89. The van der Waals surface area contributed by atoms with Crippen molar-refractivity contribution in [1.82, 2.24) is 13.9 Å². The van der Waals surface area contributed by atoms with Crippen LogP contribution in [0.25, 0.3) is 11.0 Å². The number of sulfonamides is 1. The van der Waals surface area contributed by atoms with Crippen molar-refractivity contribution in [2.45, 2.75) is 54.8 Å². The van der Waals surface area contributed by atoms with E-state index < -0.39 is 28.1 Å². The van der Waals surface area contributed by atoms with Gasteiger partial charge in [0.2, 0.25) is 5.09 Å². The molecule has 1 amide bonds. The van der Waals surface area contributed by atoms with Crippen molar-refractivity contribution >= 4 is 56.1 Å². The van der Waals surface area contributed by atoms with Crippen LogP contribution in [0, 0.1) is 0 Å². The van der Waals surface area contributed by atoms with E-state index in [1.54, 1.807) is 0 Å². The second-order valence-corrected chi connectivity index (χ2v) is 15.1. The monoisotopic (exact) mass is 762 g/mol. The number of carboxylic acids is 1. The van der Waals surface area contributed by atoms with Gasteiger partial charge in [-0.15, -0.1) is 0 Å². The zero-order valence-corrected chi connectivity index (χ0v) is 29.0. The molecule has 5 aromatic rings. The molecule has 1 saturated heterocycles. The van der Waals surface area contributed by atoms with E-state index in [9.17, 15) is 26.4 Å². The number of amides is 1. The number of nitrogens with two attached hydrogens (primary N) is 1. The zero-order chi connectivity index (χ0) is 36.7. The predicted octanol–water partition coefficient (Wildman–Crippen LogP) is 7.75. The van der Waals surface area contributed by atoms with Gasteiger partial charge in [0.15, 0.2) is 5.76 Å². The lowest BCUT2D eigenvalue weighted by molar-refractivity contribution is -0.192. The highest BCUT2D eigenvalue weighted by Crippen LogP contribution is 2.44. The van der Waals surface area contributed by atoms with E-state index in [4.69, 9.17) is 48.2 Å². The molecule has 3 aromatic carbocycles. The Hall–Kier alpha value is -4.37. The van der Waals surface area contributed by atoms with Crippen molar-refractivity contribution < 1.29 is 40.7 Å². The molecule has 3 N–H and O–H groups in total. The van der Waals surface area contributed by atoms with Crippen LogP contribution < -0.4 is 5.73 Å². The minimum atomic E-state index is -5.08. The molecule has 51 heavy (non-hydrogen) atoms. The summed E-state index contributed by atoms with van der Waals surface area (Å²) in [6.07, 6.45) is -1.64.